The Morgan fingerprint density at radius 3 is 2.78 bits per heavy atom. The van der Waals surface area contributed by atoms with E-state index in [1.165, 1.54) is 19.3 Å². The third-order valence-electron chi connectivity index (χ3n) is 3.87. The summed E-state index contributed by atoms with van der Waals surface area (Å²) in [7, 11) is 0. The van der Waals surface area contributed by atoms with E-state index in [9.17, 15) is 10.2 Å². The maximum absolute atomic E-state index is 9.45. The van der Waals surface area contributed by atoms with Gasteiger partial charge >= 0.3 is 0 Å². The lowest BCUT2D eigenvalue weighted by atomic mass is 9.95. The van der Waals surface area contributed by atoms with E-state index in [2.05, 4.69) is 5.32 Å². The summed E-state index contributed by atoms with van der Waals surface area (Å²) in [5, 5.41) is 22.4. The molecule has 3 heteroatoms. The molecule has 1 saturated carbocycles. The number of aliphatic hydroxyl groups is 1. The molecule has 1 aromatic carbocycles. The molecular formula is C15H23NO2. The van der Waals surface area contributed by atoms with Crippen molar-refractivity contribution in [3.63, 3.8) is 0 Å². The maximum Gasteiger partial charge on any atom is 0.115 e. The summed E-state index contributed by atoms with van der Waals surface area (Å²) < 4.78 is 0. The molecule has 3 N–H and O–H groups in total. The van der Waals surface area contributed by atoms with Gasteiger partial charge in [-0.2, -0.15) is 0 Å². The van der Waals surface area contributed by atoms with Gasteiger partial charge in [0.1, 0.15) is 5.75 Å². The zero-order chi connectivity index (χ0) is 12.8. The molecule has 0 aromatic heterocycles. The van der Waals surface area contributed by atoms with Gasteiger partial charge < -0.3 is 15.5 Å². The van der Waals surface area contributed by atoms with Crippen molar-refractivity contribution in [2.45, 2.75) is 44.7 Å². The van der Waals surface area contributed by atoms with Crippen LogP contribution in [0.4, 0.5) is 0 Å². The Labute approximate surface area is 109 Å². The summed E-state index contributed by atoms with van der Waals surface area (Å²) >= 11 is 0. The second-order valence-corrected chi connectivity index (χ2v) is 5.24. The van der Waals surface area contributed by atoms with Gasteiger partial charge in [-0.1, -0.05) is 31.4 Å². The van der Waals surface area contributed by atoms with Crippen LogP contribution in [0.1, 0.15) is 37.7 Å². The first-order valence-corrected chi connectivity index (χ1v) is 6.92. The summed E-state index contributed by atoms with van der Waals surface area (Å²) in [4.78, 5) is 0. The first-order valence-electron chi connectivity index (χ1n) is 6.92. The number of aliphatic hydroxyl groups excluding tert-OH is 1. The van der Waals surface area contributed by atoms with Crippen LogP contribution in [0.2, 0.25) is 0 Å². The molecule has 3 nitrogen and oxygen atoms in total. The van der Waals surface area contributed by atoms with Crippen LogP contribution in [0.5, 0.6) is 5.75 Å². The van der Waals surface area contributed by atoms with Crippen molar-refractivity contribution in [3.8, 4) is 5.75 Å². The SMILES string of the molecule is OCC1CCCCCC1NCc1cccc(O)c1. The van der Waals surface area contributed by atoms with Crippen LogP contribution in [0, 0.1) is 5.92 Å². The van der Waals surface area contributed by atoms with Crippen molar-refractivity contribution in [2.24, 2.45) is 5.92 Å². The maximum atomic E-state index is 9.45. The molecule has 2 rings (SSSR count). The van der Waals surface area contributed by atoms with Crippen LogP contribution in [0.15, 0.2) is 24.3 Å². The summed E-state index contributed by atoms with van der Waals surface area (Å²) in [6.45, 7) is 1.03. The fraction of sp³-hybridized carbons (Fsp3) is 0.600. The number of aromatic hydroxyl groups is 1. The number of hydrogen-bond acceptors (Lipinski definition) is 3. The lowest BCUT2D eigenvalue weighted by Gasteiger charge is -2.24. The minimum Gasteiger partial charge on any atom is -0.508 e. The predicted molar refractivity (Wildman–Crippen MR) is 72.4 cm³/mol. The summed E-state index contributed by atoms with van der Waals surface area (Å²) in [6.07, 6.45) is 6.02. The quantitative estimate of drug-likeness (QED) is 0.718. The number of benzene rings is 1. The molecule has 2 unspecified atom stereocenters. The third-order valence-corrected chi connectivity index (χ3v) is 3.87. The van der Waals surface area contributed by atoms with Crippen molar-refractivity contribution in [2.75, 3.05) is 6.61 Å². The second kappa shape index (κ2) is 6.76. The number of nitrogens with one attached hydrogen (secondary N) is 1. The first-order chi connectivity index (χ1) is 8.79. The van der Waals surface area contributed by atoms with Crippen molar-refractivity contribution in [1.29, 1.82) is 0 Å². The minimum atomic E-state index is 0.276. The molecule has 18 heavy (non-hydrogen) atoms. The van der Waals surface area contributed by atoms with Crippen LogP contribution in [0.3, 0.4) is 0 Å². The molecule has 1 aliphatic carbocycles. The van der Waals surface area contributed by atoms with Crippen LogP contribution >= 0.6 is 0 Å². The largest absolute Gasteiger partial charge is 0.508 e. The molecule has 2 atom stereocenters. The average molecular weight is 249 g/mol. The fourth-order valence-electron chi connectivity index (χ4n) is 2.79. The highest BCUT2D eigenvalue weighted by Gasteiger charge is 2.22. The molecule has 1 aliphatic rings. The van der Waals surface area contributed by atoms with Gasteiger partial charge in [0.25, 0.3) is 0 Å². The summed E-state index contributed by atoms with van der Waals surface area (Å²) in [6, 6.07) is 7.75. The summed E-state index contributed by atoms with van der Waals surface area (Å²) in [5.74, 6) is 0.693. The van der Waals surface area contributed by atoms with Gasteiger partial charge in [0, 0.05) is 19.2 Å². The van der Waals surface area contributed by atoms with Gasteiger partial charge in [-0.25, -0.2) is 0 Å². The smallest absolute Gasteiger partial charge is 0.115 e. The van der Waals surface area contributed by atoms with Crippen LogP contribution < -0.4 is 5.32 Å². The van der Waals surface area contributed by atoms with E-state index in [0.29, 0.717) is 17.7 Å². The Bertz CT molecular complexity index is 367. The molecule has 1 aromatic rings. The fourth-order valence-corrected chi connectivity index (χ4v) is 2.79. The highest BCUT2D eigenvalue weighted by molar-refractivity contribution is 5.26. The highest BCUT2D eigenvalue weighted by atomic mass is 16.3. The molecule has 0 spiro atoms. The van der Waals surface area contributed by atoms with E-state index < -0.39 is 0 Å². The van der Waals surface area contributed by atoms with Crippen LogP contribution in [0.25, 0.3) is 0 Å². The van der Waals surface area contributed by atoms with E-state index in [1.54, 1.807) is 12.1 Å². The molecule has 0 saturated heterocycles. The Morgan fingerprint density at radius 1 is 1.17 bits per heavy atom. The second-order valence-electron chi connectivity index (χ2n) is 5.24. The Kier molecular flexibility index (Phi) is 5.02. The zero-order valence-corrected chi connectivity index (χ0v) is 10.8. The van der Waals surface area contributed by atoms with E-state index in [-0.39, 0.29) is 6.61 Å². The van der Waals surface area contributed by atoms with Crippen LogP contribution in [-0.2, 0) is 6.54 Å². The van der Waals surface area contributed by atoms with Gasteiger partial charge in [0.15, 0.2) is 0 Å². The Morgan fingerprint density at radius 2 is 2.00 bits per heavy atom. The lowest BCUT2D eigenvalue weighted by Crippen LogP contribution is -2.36. The molecular weight excluding hydrogens is 226 g/mol. The topological polar surface area (TPSA) is 52.5 Å². The first kappa shape index (κ1) is 13.4. The number of phenols is 1. The number of phenolic OH excluding ortho intramolecular Hbond substituents is 1. The van der Waals surface area contributed by atoms with Crippen molar-refractivity contribution >= 4 is 0 Å². The van der Waals surface area contributed by atoms with E-state index in [0.717, 1.165) is 24.9 Å². The Hall–Kier alpha value is -1.06. The summed E-state index contributed by atoms with van der Waals surface area (Å²) in [5.41, 5.74) is 1.09. The van der Waals surface area contributed by atoms with Gasteiger partial charge in [-0.05, 0) is 36.5 Å². The van der Waals surface area contributed by atoms with Gasteiger partial charge in [-0.15, -0.1) is 0 Å². The average Bonchev–Trinajstić information content (AvgIpc) is 2.61. The minimum absolute atomic E-state index is 0.276. The van der Waals surface area contributed by atoms with Crippen molar-refractivity contribution in [1.82, 2.24) is 5.32 Å². The predicted octanol–water partition coefficient (Wildman–Crippen LogP) is 2.42. The molecule has 0 bridgehead atoms. The van der Waals surface area contributed by atoms with Crippen LogP contribution in [-0.4, -0.2) is 22.9 Å². The third kappa shape index (κ3) is 3.72. The molecule has 0 heterocycles. The highest BCUT2D eigenvalue weighted by Crippen LogP contribution is 2.23. The van der Waals surface area contributed by atoms with Crippen molar-refractivity contribution < 1.29 is 10.2 Å². The molecule has 0 radical (unpaired) electrons. The van der Waals surface area contributed by atoms with E-state index in [1.807, 2.05) is 12.1 Å². The lowest BCUT2D eigenvalue weighted by molar-refractivity contribution is 0.181. The van der Waals surface area contributed by atoms with Gasteiger partial charge in [-0.3, -0.25) is 0 Å². The molecule has 1 fully saturated rings. The zero-order valence-electron chi connectivity index (χ0n) is 10.8. The van der Waals surface area contributed by atoms with E-state index >= 15 is 0 Å². The normalized spacial score (nSPS) is 24.7. The molecule has 0 amide bonds. The van der Waals surface area contributed by atoms with E-state index in [4.69, 9.17) is 0 Å². The Balaban J connectivity index is 1.91. The van der Waals surface area contributed by atoms with Gasteiger partial charge in [0.2, 0.25) is 0 Å². The molecule has 100 valence electrons. The standard InChI is InChI=1S/C15H23NO2/c17-11-13-6-2-1-3-8-15(13)16-10-12-5-4-7-14(18)9-12/h4-5,7,9,13,15-18H,1-3,6,8,10-11H2. The van der Waals surface area contributed by atoms with Crippen molar-refractivity contribution in [3.05, 3.63) is 29.8 Å². The number of rotatable bonds is 4. The number of hydrogen-bond donors (Lipinski definition) is 3. The monoisotopic (exact) mass is 249 g/mol. The molecule has 0 aliphatic heterocycles. The van der Waals surface area contributed by atoms with Gasteiger partial charge in [0.05, 0.1) is 0 Å².